The second-order valence-electron chi connectivity index (χ2n) is 6.47. The molecule has 0 saturated carbocycles. The summed E-state index contributed by atoms with van der Waals surface area (Å²) < 4.78 is 11.3. The molecule has 0 aromatic heterocycles. The molecule has 0 spiro atoms. The summed E-state index contributed by atoms with van der Waals surface area (Å²) in [5, 5.41) is 13.8. The smallest absolute Gasteiger partial charge is 0.276 e. The SMILES string of the molecule is CCOC(C)N1CCN(CC2COC(C)(C)C2)C1=N[N+](=O)[O-]. The predicted molar refractivity (Wildman–Crippen MR) is 81.9 cm³/mol. The monoisotopic (exact) mass is 314 g/mol. The Morgan fingerprint density at radius 3 is 2.82 bits per heavy atom. The third-order valence-corrected chi connectivity index (χ3v) is 4.14. The average molecular weight is 314 g/mol. The van der Waals surface area contributed by atoms with Gasteiger partial charge in [-0.3, -0.25) is 0 Å². The molecule has 8 nitrogen and oxygen atoms in total. The first-order valence-corrected chi connectivity index (χ1v) is 7.82. The molecule has 2 heterocycles. The van der Waals surface area contributed by atoms with E-state index in [-0.39, 0.29) is 11.8 Å². The number of rotatable bonds is 6. The molecule has 0 aliphatic carbocycles. The average Bonchev–Trinajstić information content (AvgIpc) is 2.94. The Morgan fingerprint density at radius 1 is 1.55 bits per heavy atom. The highest BCUT2D eigenvalue weighted by molar-refractivity contribution is 5.81. The first-order valence-electron chi connectivity index (χ1n) is 7.82. The van der Waals surface area contributed by atoms with Gasteiger partial charge < -0.3 is 19.3 Å². The van der Waals surface area contributed by atoms with Crippen LogP contribution >= 0.6 is 0 Å². The van der Waals surface area contributed by atoms with Gasteiger partial charge in [0, 0.05) is 32.2 Å². The molecule has 2 aliphatic heterocycles. The molecule has 2 saturated heterocycles. The van der Waals surface area contributed by atoms with Gasteiger partial charge in [0.05, 0.1) is 12.2 Å². The van der Waals surface area contributed by atoms with Crippen molar-refractivity contribution in [2.75, 3.05) is 32.8 Å². The van der Waals surface area contributed by atoms with E-state index in [4.69, 9.17) is 9.47 Å². The highest BCUT2D eigenvalue weighted by Crippen LogP contribution is 2.30. The van der Waals surface area contributed by atoms with E-state index in [2.05, 4.69) is 18.9 Å². The van der Waals surface area contributed by atoms with Gasteiger partial charge in [-0.05, 0) is 34.1 Å². The minimum atomic E-state index is -0.631. The third kappa shape index (κ3) is 4.07. The molecule has 0 aromatic rings. The zero-order valence-corrected chi connectivity index (χ0v) is 13.8. The van der Waals surface area contributed by atoms with Crippen molar-refractivity contribution in [2.45, 2.75) is 45.9 Å². The van der Waals surface area contributed by atoms with E-state index in [1.54, 1.807) is 0 Å². The normalized spacial score (nSPS) is 27.6. The summed E-state index contributed by atoms with van der Waals surface area (Å²) in [7, 11) is 0. The molecule has 22 heavy (non-hydrogen) atoms. The number of nitro groups is 1. The summed E-state index contributed by atoms with van der Waals surface area (Å²) in [5.41, 5.74) is -0.108. The Balaban J connectivity index is 2.06. The molecule has 0 aromatic carbocycles. The summed E-state index contributed by atoms with van der Waals surface area (Å²) in [6, 6.07) is 0. The molecule has 0 radical (unpaired) electrons. The zero-order chi connectivity index (χ0) is 16.3. The van der Waals surface area contributed by atoms with E-state index >= 15 is 0 Å². The molecular formula is C14H26N4O4. The standard InChI is InChI=1S/C14H26N4O4/c1-5-21-11(2)17-7-6-16(13(17)15-18(19)20)9-12-8-14(3,4)22-10-12/h11-12H,5-10H2,1-4H3. The molecule has 2 atom stereocenters. The number of hydrazone groups is 1. The Labute approximate surface area is 131 Å². The summed E-state index contributed by atoms with van der Waals surface area (Å²) in [6.07, 6.45) is 0.737. The van der Waals surface area contributed by atoms with Crippen molar-refractivity contribution in [1.82, 2.24) is 9.80 Å². The maximum atomic E-state index is 10.9. The van der Waals surface area contributed by atoms with Gasteiger partial charge in [0.1, 0.15) is 11.3 Å². The molecule has 0 amide bonds. The van der Waals surface area contributed by atoms with E-state index in [1.165, 1.54) is 0 Å². The third-order valence-electron chi connectivity index (χ3n) is 4.14. The highest BCUT2D eigenvalue weighted by atomic mass is 16.7. The van der Waals surface area contributed by atoms with Crippen molar-refractivity contribution in [1.29, 1.82) is 0 Å². The van der Waals surface area contributed by atoms with Crippen LogP contribution in [-0.4, -0.2) is 65.5 Å². The number of nitrogens with zero attached hydrogens (tertiary/aromatic N) is 4. The predicted octanol–water partition coefficient (Wildman–Crippen LogP) is 1.35. The van der Waals surface area contributed by atoms with Gasteiger partial charge in [-0.2, -0.15) is 0 Å². The van der Waals surface area contributed by atoms with Crippen LogP contribution < -0.4 is 0 Å². The van der Waals surface area contributed by atoms with Crippen molar-refractivity contribution < 1.29 is 14.5 Å². The Kier molecular flexibility index (Phi) is 5.23. The lowest BCUT2D eigenvalue weighted by Crippen LogP contribution is -2.42. The number of guanidine groups is 1. The summed E-state index contributed by atoms with van der Waals surface area (Å²) in [5.74, 6) is 0.768. The Morgan fingerprint density at radius 2 is 2.27 bits per heavy atom. The fraction of sp³-hybridized carbons (Fsp3) is 0.929. The molecular weight excluding hydrogens is 288 g/mol. The van der Waals surface area contributed by atoms with Crippen molar-refractivity contribution in [2.24, 2.45) is 11.0 Å². The summed E-state index contributed by atoms with van der Waals surface area (Å²) in [6.45, 7) is 11.3. The summed E-state index contributed by atoms with van der Waals surface area (Å²) in [4.78, 5) is 14.7. The maximum Gasteiger partial charge on any atom is 0.276 e. The number of hydrogen-bond acceptors (Lipinski definition) is 4. The van der Waals surface area contributed by atoms with E-state index in [1.807, 2.05) is 23.6 Å². The van der Waals surface area contributed by atoms with Gasteiger partial charge in [0.25, 0.3) is 5.96 Å². The van der Waals surface area contributed by atoms with Crippen molar-refractivity contribution in [3.63, 3.8) is 0 Å². The van der Waals surface area contributed by atoms with Crippen LogP contribution in [0.25, 0.3) is 0 Å². The van der Waals surface area contributed by atoms with Crippen LogP contribution in [0.5, 0.6) is 0 Å². The van der Waals surface area contributed by atoms with E-state index in [9.17, 15) is 10.1 Å². The minimum Gasteiger partial charge on any atom is -0.375 e. The fourth-order valence-corrected chi connectivity index (χ4v) is 3.24. The lowest BCUT2D eigenvalue weighted by Gasteiger charge is -2.27. The highest BCUT2D eigenvalue weighted by Gasteiger charge is 2.38. The second-order valence-corrected chi connectivity index (χ2v) is 6.47. The van der Waals surface area contributed by atoms with E-state index in [0.717, 1.165) is 19.5 Å². The van der Waals surface area contributed by atoms with Crippen LogP contribution in [0, 0.1) is 16.0 Å². The zero-order valence-electron chi connectivity index (χ0n) is 13.8. The van der Waals surface area contributed by atoms with E-state index in [0.29, 0.717) is 31.6 Å². The lowest BCUT2D eigenvalue weighted by molar-refractivity contribution is -0.486. The Bertz CT molecular complexity index is 441. The van der Waals surface area contributed by atoms with Crippen LogP contribution in [0.1, 0.15) is 34.1 Å². The molecule has 8 heteroatoms. The van der Waals surface area contributed by atoms with Crippen LogP contribution in [0.3, 0.4) is 0 Å². The maximum absolute atomic E-state index is 10.9. The molecule has 126 valence electrons. The number of hydrogen-bond donors (Lipinski definition) is 0. The van der Waals surface area contributed by atoms with Gasteiger partial charge >= 0.3 is 0 Å². The fourth-order valence-electron chi connectivity index (χ4n) is 3.24. The van der Waals surface area contributed by atoms with Gasteiger partial charge in [-0.15, -0.1) is 0 Å². The lowest BCUT2D eigenvalue weighted by atomic mass is 9.97. The van der Waals surface area contributed by atoms with Crippen LogP contribution in [0.2, 0.25) is 0 Å². The molecule has 2 unspecified atom stereocenters. The second kappa shape index (κ2) is 6.78. The topological polar surface area (TPSA) is 80.4 Å². The van der Waals surface area contributed by atoms with Crippen molar-refractivity contribution in [3.05, 3.63) is 10.1 Å². The molecule has 2 rings (SSSR count). The van der Waals surface area contributed by atoms with Crippen LogP contribution in [0.4, 0.5) is 0 Å². The minimum absolute atomic E-state index is 0.108. The number of ether oxygens (including phenoxy) is 2. The van der Waals surface area contributed by atoms with Crippen LogP contribution in [0.15, 0.2) is 5.10 Å². The molecule has 2 aliphatic rings. The Hall–Kier alpha value is -1.41. The van der Waals surface area contributed by atoms with Gasteiger partial charge in [-0.1, -0.05) is 0 Å². The van der Waals surface area contributed by atoms with Gasteiger partial charge in [-0.25, -0.2) is 10.1 Å². The molecule has 0 N–H and O–H groups in total. The quantitative estimate of drug-likeness (QED) is 0.544. The molecule has 2 fully saturated rings. The van der Waals surface area contributed by atoms with Gasteiger partial charge in [0.15, 0.2) is 5.03 Å². The molecule has 0 bridgehead atoms. The first-order chi connectivity index (χ1) is 10.3. The van der Waals surface area contributed by atoms with E-state index < -0.39 is 5.03 Å². The first kappa shape index (κ1) is 17.0. The largest absolute Gasteiger partial charge is 0.375 e. The van der Waals surface area contributed by atoms with Crippen molar-refractivity contribution >= 4 is 5.96 Å². The summed E-state index contributed by atoms with van der Waals surface area (Å²) >= 11 is 0. The van der Waals surface area contributed by atoms with Gasteiger partial charge in [0.2, 0.25) is 0 Å². The van der Waals surface area contributed by atoms with Crippen LogP contribution in [-0.2, 0) is 9.47 Å². The van der Waals surface area contributed by atoms with Crippen molar-refractivity contribution in [3.8, 4) is 0 Å².